The number of hydrogen-bond acceptors (Lipinski definition) is 3. The van der Waals surface area contributed by atoms with E-state index < -0.39 is 24.6 Å². The summed E-state index contributed by atoms with van der Waals surface area (Å²) in [4.78, 5) is 15.1. The average Bonchev–Trinajstić information content (AvgIpc) is 2.28. The van der Waals surface area contributed by atoms with Crippen LogP contribution >= 0.6 is 0 Å². The zero-order valence-electron chi connectivity index (χ0n) is 11.5. The van der Waals surface area contributed by atoms with Crippen LogP contribution in [0.4, 0.5) is 13.2 Å². The van der Waals surface area contributed by atoms with E-state index in [2.05, 4.69) is 0 Å². The Morgan fingerprint density at radius 1 is 1.37 bits per heavy atom. The molecule has 7 heteroatoms. The van der Waals surface area contributed by atoms with E-state index in [9.17, 15) is 23.1 Å². The van der Waals surface area contributed by atoms with E-state index in [-0.39, 0.29) is 31.6 Å². The molecule has 1 amide bonds. The Bertz CT molecular complexity index is 323. The number of carbonyl (C=O) groups excluding carboxylic acids is 1. The molecule has 1 saturated heterocycles. The van der Waals surface area contributed by atoms with Crippen molar-refractivity contribution in [3.63, 3.8) is 0 Å². The summed E-state index contributed by atoms with van der Waals surface area (Å²) in [7, 11) is 1.79. The maximum Gasteiger partial charge on any atom is 0.417 e. The first kappa shape index (κ1) is 16.2. The molecule has 0 radical (unpaired) electrons. The third kappa shape index (κ3) is 3.82. The number of likely N-dealkylation sites (N-methyl/N-ethyl adjacent to an activating group) is 1. The van der Waals surface area contributed by atoms with Crippen LogP contribution in [0.5, 0.6) is 0 Å². The summed E-state index contributed by atoms with van der Waals surface area (Å²) in [5, 5.41) is 9.50. The van der Waals surface area contributed by atoms with Crippen LogP contribution in [0, 0.1) is 0 Å². The molecule has 4 nitrogen and oxygen atoms in total. The molecule has 0 unspecified atom stereocenters. The van der Waals surface area contributed by atoms with Crippen molar-refractivity contribution in [2.75, 3.05) is 26.7 Å². The maximum absolute atomic E-state index is 12.6. The van der Waals surface area contributed by atoms with E-state index in [1.165, 1.54) is 4.90 Å². The molecule has 0 spiro atoms. The van der Waals surface area contributed by atoms with Gasteiger partial charge in [-0.1, -0.05) is 0 Å². The molecule has 0 atom stereocenters. The molecule has 1 aliphatic heterocycles. The highest BCUT2D eigenvalue weighted by Crippen LogP contribution is 2.38. The number of aliphatic hydroxyl groups is 1. The fraction of sp³-hybridized carbons (Fsp3) is 0.917. The molecule has 0 aromatic carbocycles. The molecule has 0 saturated carbocycles. The Morgan fingerprint density at radius 3 is 2.21 bits per heavy atom. The zero-order chi connectivity index (χ0) is 14.8. The van der Waals surface area contributed by atoms with Crippen molar-refractivity contribution in [2.45, 2.75) is 44.5 Å². The van der Waals surface area contributed by atoms with Crippen molar-refractivity contribution in [3.8, 4) is 0 Å². The lowest BCUT2D eigenvalue weighted by atomic mass is 9.91. The lowest BCUT2D eigenvalue weighted by molar-refractivity contribution is -0.272. The number of alkyl halides is 3. The van der Waals surface area contributed by atoms with E-state index in [0.717, 1.165) is 0 Å². The smallest absolute Gasteiger partial charge is 0.380 e. The number of likely N-dealkylation sites (tertiary alicyclic amines) is 1. The first-order valence-corrected chi connectivity index (χ1v) is 6.34. The van der Waals surface area contributed by atoms with Crippen molar-refractivity contribution in [2.24, 2.45) is 0 Å². The summed E-state index contributed by atoms with van der Waals surface area (Å²) in [6.07, 6.45) is -5.53. The van der Waals surface area contributed by atoms with Gasteiger partial charge in [0.05, 0.1) is 6.54 Å². The molecular weight excluding hydrogens is 261 g/mol. The molecule has 1 N–H and O–H groups in total. The van der Waals surface area contributed by atoms with Crippen molar-refractivity contribution >= 4 is 5.91 Å². The van der Waals surface area contributed by atoms with Crippen LogP contribution in [0.25, 0.3) is 0 Å². The zero-order valence-corrected chi connectivity index (χ0v) is 11.5. The van der Waals surface area contributed by atoms with Gasteiger partial charge in [0, 0.05) is 32.0 Å². The van der Waals surface area contributed by atoms with Crippen LogP contribution in [-0.4, -0.2) is 65.3 Å². The number of rotatable bonds is 3. The first-order chi connectivity index (χ1) is 8.57. The van der Waals surface area contributed by atoms with Gasteiger partial charge in [0.2, 0.25) is 5.91 Å². The fourth-order valence-corrected chi connectivity index (χ4v) is 1.91. The van der Waals surface area contributed by atoms with Crippen LogP contribution in [-0.2, 0) is 4.79 Å². The van der Waals surface area contributed by atoms with E-state index in [1.807, 2.05) is 18.7 Å². The van der Waals surface area contributed by atoms with Gasteiger partial charge in [-0.2, -0.15) is 13.2 Å². The molecule has 0 aromatic heterocycles. The normalized spacial score (nSPS) is 20.2. The number of carbonyl (C=O) groups is 1. The third-order valence-corrected chi connectivity index (χ3v) is 3.74. The lowest BCUT2D eigenvalue weighted by Crippen LogP contribution is -2.55. The highest BCUT2D eigenvalue weighted by Gasteiger charge is 2.54. The molecule has 1 rings (SSSR count). The highest BCUT2D eigenvalue weighted by atomic mass is 19.4. The Hall–Kier alpha value is -0.820. The predicted molar refractivity (Wildman–Crippen MR) is 64.6 cm³/mol. The first-order valence-electron chi connectivity index (χ1n) is 6.34. The summed E-state index contributed by atoms with van der Waals surface area (Å²) >= 11 is 0. The van der Waals surface area contributed by atoms with Crippen molar-refractivity contribution in [1.29, 1.82) is 0 Å². The Morgan fingerprint density at radius 2 is 1.84 bits per heavy atom. The third-order valence-electron chi connectivity index (χ3n) is 3.74. The summed E-state index contributed by atoms with van der Waals surface area (Å²) in [6, 6.07) is 0.195. The predicted octanol–water partition coefficient (Wildman–Crippen LogP) is 1.24. The van der Waals surface area contributed by atoms with Gasteiger partial charge in [0.1, 0.15) is 0 Å². The van der Waals surface area contributed by atoms with E-state index in [4.69, 9.17) is 0 Å². The Labute approximate surface area is 111 Å². The standard InChI is InChI=1S/C12H21F3N2O2/c1-9(2)16(3)8-10(18)17-6-4-11(19,5-7-17)12(13,14)15/h9,19H,4-8H2,1-3H3. The largest absolute Gasteiger partial charge is 0.417 e. The SMILES string of the molecule is CC(C)N(C)CC(=O)N1CCC(O)(C(F)(F)F)CC1. The van der Waals surface area contributed by atoms with E-state index in [0.29, 0.717) is 0 Å². The quantitative estimate of drug-likeness (QED) is 0.847. The highest BCUT2D eigenvalue weighted by molar-refractivity contribution is 5.78. The van der Waals surface area contributed by atoms with Crippen molar-refractivity contribution < 1.29 is 23.1 Å². The molecule has 0 bridgehead atoms. The van der Waals surface area contributed by atoms with Crippen LogP contribution in [0.15, 0.2) is 0 Å². The summed E-state index contributed by atoms with van der Waals surface area (Å²) in [5.41, 5.74) is -2.65. The van der Waals surface area contributed by atoms with E-state index >= 15 is 0 Å². The average molecular weight is 282 g/mol. The topological polar surface area (TPSA) is 43.8 Å². The maximum atomic E-state index is 12.6. The number of piperidine rings is 1. The van der Waals surface area contributed by atoms with Crippen LogP contribution in [0.3, 0.4) is 0 Å². The van der Waals surface area contributed by atoms with Gasteiger partial charge < -0.3 is 10.0 Å². The minimum atomic E-state index is -4.63. The van der Waals surface area contributed by atoms with Crippen LogP contribution < -0.4 is 0 Å². The molecular formula is C12H21F3N2O2. The Balaban J connectivity index is 2.52. The van der Waals surface area contributed by atoms with Gasteiger partial charge >= 0.3 is 6.18 Å². The monoisotopic (exact) mass is 282 g/mol. The lowest BCUT2D eigenvalue weighted by Gasteiger charge is -2.39. The van der Waals surface area contributed by atoms with Crippen molar-refractivity contribution in [3.05, 3.63) is 0 Å². The number of hydrogen-bond donors (Lipinski definition) is 1. The second-order valence-corrected chi connectivity index (χ2v) is 5.42. The number of nitrogens with zero attached hydrogens (tertiary/aromatic N) is 2. The van der Waals surface area contributed by atoms with Gasteiger partial charge in [-0.25, -0.2) is 0 Å². The summed E-state index contributed by atoms with van der Waals surface area (Å²) < 4.78 is 37.8. The van der Waals surface area contributed by atoms with Gasteiger partial charge in [-0.3, -0.25) is 9.69 Å². The summed E-state index contributed by atoms with van der Waals surface area (Å²) in [5.74, 6) is -0.194. The molecule has 0 aromatic rings. The fourth-order valence-electron chi connectivity index (χ4n) is 1.91. The minimum Gasteiger partial charge on any atom is -0.380 e. The molecule has 1 fully saturated rings. The van der Waals surface area contributed by atoms with Crippen LogP contribution in [0.2, 0.25) is 0 Å². The molecule has 0 aliphatic carbocycles. The van der Waals surface area contributed by atoms with Gasteiger partial charge in [-0.05, 0) is 20.9 Å². The summed E-state index contributed by atoms with van der Waals surface area (Å²) in [6.45, 7) is 3.95. The van der Waals surface area contributed by atoms with Crippen molar-refractivity contribution in [1.82, 2.24) is 9.80 Å². The Kier molecular flexibility index (Phi) is 4.84. The van der Waals surface area contributed by atoms with E-state index in [1.54, 1.807) is 7.05 Å². The van der Waals surface area contributed by atoms with Gasteiger partial charge in [0.25, 0.3) is 0 Å². The second-order valence-electron chi connectivity index (χ2n) is 5.42. The number of amides is 1. The van der Waals surface area contributed by atoms with Gasteiger partial charge in [-0.15, -0.1) is 0 Å². The van der Waals surface area contributed by atoms with Gasteiger partial charge in [0.15, 0.2) is 5.60 Å². The molecule has 19 heavy (non-hydrogen) atoms. The molecule has 1 aliphatic rings. The second kappa shape index (κ2) is 5.66. The molecule has 112 valence electrons. The van der Waals surface area contributed by atoms with Crippen LogP contribution in [0.1, 0.15) is 26.7 Å². The minimum absolute atomic E-state index is 0.0548. The molecule has 1 heterocycles. The number of halogens is 3.